The van der Waals surface area contributed by atoms with Gasteiger partial charge in [0.25, 0.3) is 5.91 Å². The average molecular weight is 504 g/mol. The minimum absolute atomic E-state index is 0.0479. The van der Waals surface area contributed by atoms with E-state index in [1.54, 1.807) is 0 Å². The number of pyridine rings is 1. The number of amides is 1. The van der Waals surface area contributed by atoms with Gasteiger partial charge in [0.2, 0.25) is 11.7 Å². The van der Waals surface area contributed by atoms with Crippen LogP contribution in [0.1, 0.15) is 15.9 Å². The lowest BCUT2D eigenvalue weighted by atomic mass is 9.95. The number of piperazine rings is 1. The highest BCUT2D eigenvalue weighted by Gasteiger charge is 2.41. The van der Waals surface area contributed by atoms with Gasteiger partial charge in [-0.25, -0.2) is 4.98 Å². The molecule has 4 heterocycles. The minimum Gasteiger partial charge on any atom is -0.399 e. The first-order valence-electron chi connectivity index (χ1n) is 11.0. The van der Waals surface area contributed by atoms with Crippen LogP contribution in [0.25, 0.3) is 10.1 Å². The number of hydrogen-bond donors (Lipinski definition) is 5. The summed E-state index contributed by atoms with van der Waals surface area (Å²) in [5, 5.41) is 49.1. The highest BCUT2D eigenvalue weighted by Crippen LogP contribution is 2.32. The van der Waals surface area contributed by atoms with E-state index < -0.39 is 23.7 Å². The van der Waals surface area contributed by atoms with Gasteiger partial charge in [0.15, 0.2) is 0 Å². The standard InChI is InChI=1S/C22H25N5O7S/c28-20-15-12-23-18(34-22(31,32)33)11-16(15)21(29,30)13-27(20)10-7-25-5-8-26(9-6-25)19-14-3-1-2-4-17(14)35-24-19/h1-4,11-12,29-33H,5-10,13H2. The minimum atomic E-state index is -3.49. The number of hydrogen-bond acceptors (Lipinski definition) is 12. The van der Waals surface area contributed by atoms with Crippen LogP contribution in [-0.2, 0) is 5.79 Å². The van der Waals surface area contributed by atoms with Crippen molar-refractivity contribution in [1.29, 1.82) is 0 Å². The number of fused-ring (bicyclic) bond motifs is 2. The highest BCUT2D eigenvalue weighted by atomic mass is 32.1. The average Bonchev–Trinajstić information content (AvgIpc) is 3.24. The quantitative estimate of drug-likeness (QED) is 0.264. The van der Waals surface area contributed by atoms with Crippen LogP contribution in [0.3, 0.4) is 0 Å². The summed E-state index contributed by atoms with van der Waals surface area (Å²) in [5.41, 5.74) is -0.245. The van der Waals surface area contributed by atoms with Gasteiger partial charge in [-0.2, -0.15) is 4.37 Å². The van der Waals surface area contributed by atoms with Gasteiger partial charge >= 0.3 is 6.16 Å². The smallest absolute Gasteiger partial charge is 0.399 e. The van der Waals surface area contributed by atoms with Crippen LogP contribution < -0.4 is 9.64 Å². The summed E-state index contributed by atoms with van der Waals surface area (Å²) in [6.45, 7) is 3.61. The number of carbonyl (C=O) groups excluding carboxylic acids is 1. The van der Waals surface area contributed by atoms with Crippen molar-refractivity contribution in [3.63, 3.8) is 0 Å². The fourth-order valence-corrected chi connectivity index (χ4v) is 5.25. The molecule has 12 nitrogen and oxygen atoms in total. The van der Waals surface area contributed by atoms with Gasteiger partial charge < -0.3 is 40.1 Å². The molecule has 1 saturated heterocycles. The monoisotopic (exact) mass is 503 g/mol. The lowest BCUT2D eigenvalue weighted by Gasteiger charge is -2.39. The Bertz CT molecular complexity index is 1240. The van der Waals surface area contributed by atoms with Crippen LogP contribution in [0, 0.1) is 0 Å². The van der Waals surface area contributed by atoms with Crippen molar-refractivity contribution in [2.24, 2.45) is 0 Å². The molecule has 3 aromatic rings. The molecule has 35 heavy (non-hydrogen) atoms. The van der Waals surface area contributed by atoms with Crippen molar-refractivity contribution < 1.29 is 35.1 Å². The molecule has 0 saturated carbocycles. The molecule has 0 unspecified atom stereocenters. The van der Waals surface area contributed by atoms with Gasteiger partial charge in [0.05, 0.1) is 16.8 Å². The molecule has 5 N–H and O–H groups in total. The molecular formula is C22H25N5O7S. The zero-order chi connectivity index (χ0) is 24.8. The molecule has 13 heteroatoms. The lowest BCUT2D eigenvalue weighted by Crippen LogP contribution is -2.53. The first-order chi connectivity index (χ1) is 16.6. The molecule has 0 radical (unpaired) electrons. The maximum absolute atomic E-state index is 12.9. The number of rotatable bonds is 6. The third-order valence-electron chi connectivity index (χ3n) is 6.20. The van der Waals surface area contributed by atoms with Crippen molar-refractivity contribution >= 4 is 33.3 Å². The van der Waals surface area contributed by atoms with Crippen LogP contribution in [0.2, 0.25) is 0 Å². The van der Waals surface area contributed by atoms with Crippen LogP contribution in [-0.4, -0.2) is 103 Å². The lowest BCUT2D eigenvalue weighted by molar-refractivity contribution is -0.420. The van der Waals surface area contributed by atoms with Crippen molar-refractivity contribution in [3.8, 4) is 5.88 Å². The van der Waals surface area contributed by atoms with Crippen LogP contribution in [0.4, 0.5) is 5.82 Å². The van der Waals surface area contributed by atoms with E-state index >= 15 is 0 Å². The number of ether oxygens (including phenoxy) is 1. The summed E-state index contributed by atoms with van der Waals surface area (Å²) < 4.78 is 10.2. The van der Waals surface area contributed by atoms with Crippen LogP contribution in [0.5, 0.6) is 5.88 Å². The molecule has 0 aliphatic carbocycles. The van der Waals surface area contributed by atoms with Crippen molar-refractivity contribution in [1.82, 2.24) is 19.2 Å². The van der Waals surface area contributed by atoms with E-state index in [0.717, 1.165) is 54.3 Å². The number of benzene rings is 1. The topological polar surface area (TPSA) is 163 Å². The fourth-order valence-electron chi connectivity index (χ4n) is 4.45. The van der Waals surface area contributed by atoms with Crippen LogP contribution >= 0.6 is 11.5 Å². The molecule has 0 atom stereocenters. The molecule has 2 aromatic heterocycles. The summed E-state index contributed by atoms with van der Waals surface area (Å²) in [4.78, 5) is 22.5. The van der Waals surface area contributed by atoms with Gasteiger partial charge in [0, 0.05) is 62.5 Å². The number of anilines is 1. The number of β-amino-alcohol motifs (C(OH)–C–C–N with tert-alkyl or cyclic N) is 2. The predicted molar refractivity (Wildman–Crippen MR) is 125 cm³/mol. The van der Waals surface area contributed by atoms with Gasteiger partial charge in [-0.05, 0) is 23.7 Å². The SMILES string of the molecule is O=C1c2cnc(OC(O)(O)O)cc2C(O)(O)CN1CCN1CCN(c2nsc3ccccc23)CC1. The Morgan fingerprint density at radius 2 is 1.83 bits per heavy atom. The van der Waals surface area contributed by atoms with E-state index in [1.165, 1.54) is 16.4 Å². The Kier molecular flexibility index (Phi) is 6.09. The summed E-state index contributed by atoms with van der Waals surface area (Å²) in [6, 6.07) is 9.13. The zero-order valence-corrected chi connectivity index (χ0v) is 19.4. The van der Waals surface area contributed by atoms with Gasteiger partial charge in [0.1, 0.15) is 5.82 Å². The Morgan fingerprint density at radius 3 is 2.57 bits per heavy atom. The first-order valence-corrected chi connectivity index (χ1v) is 11.8. The van der Waals surface area contributed by atoms with Gasteiger partial charge in [-0.1, -0.05) is 12.1 Å². The summed E-state index contributed by atoms with van der Waals surface area (Å²) in [5.74, 6) is -2.34. The Balaban J connectivity index is 1.21. The Hall–Kier alpha value is -2.91. The van der Waals surface area contributed by atoms with E-state index in [-0.39, 0.29) is 24.2 Å². The Labute approximate surface area is 204 Å². The Morgan fingerprint density at radius 1 is 1.09 bits per heavy atom. The molecule has 186 valence electrons. The van der Waals surface area contributed by atoms with Gasteiger partial charge in [-0.15, -0.1) is 0 Å². The van der Waals surface area contributed by atoms with Crippen molar-refractivity contribution in [3.05, 3.63) is 47.7 Å². The maximum Gasteiger partial charge on any atom is 0.454 e. The molecule has 2 aliphatic rings. The molecule has 1 fully saturated rings. The summed E-state index contributed by atoms with van der Waals surface area (Å²) >= 11 is 1.49. The molecular weight excluding hydrogens is 478 g/mol. The molecule has 1 aromatic carbocycles. The second-order valence-electron chi connectivity index (χ2n) is 8.62. The number of aromatic nitrogens is 2. The van der Waals surface area contributed by atoms with Gasteiger partial charge in [-0.3, -0.25) is 9.69 Å². The highest BCUT2D eigenvalue weighted by molar-refractivity contribution is 7.13. The summed E-state index contributed by atoms with van der Waals surface area (Å²) in [6.07, 6.45) is -2.45. The fraction of sp³-hybridized carbons (Fsp3) is 0.409. The first kappa shape index (κ1) is 23.8. The van der Waals surface area contributed by atoms with E-state index in [2.05, 4.69) is 36.0 Å². The predicted octanol–water partition coefficient (Wildman–Crippen LogP) is -0.926. The second kappa shape index (κ2) is 8.95. The number of nitrogens with zero attached hydrogens (tertiary/aromatic N) is 5. The third kappa shape index (κ3) is 4.92. The third-order valence-corrected chi connectivity index (χ3v) is 7.01. The number of aliphatic hydroxyl groups is 5. The van der Waals surface area contributed by atoms with Crippen molar-refractivity contribution in [2.45, 2.75) is 11.9 Å². The molecule has 0 bridgehead atoms. The molecule has 2 aliphatic heterocycles. The largest absolute Gasteiger partial charge is 0.454 e. The molecule has 0 spiro atoms. The van der Waals surface area contributed by atoms with E-state index in [4.69, 9.17) is 15.3 Å². The molecule has 5 rings (SSSR count). The number of carbonyl (C=O) groups is 1. The maximum atomic E-state index is 12.9. The van der Waals surface area contributed by atoms with Crippen molar-refractivity contribution in [2.75, 3.05) is 50.7 Å². The zero-order valence-electron chi connectivity index (χ0n) is 18.6. The normalized spacial score (nSPS) is 18.7. The molecule has 1 amide bonds. The van der Waals surface area contributed by atoms with E-state index in [1.807, 2.05) is 12.1 Å². The van der Waals surface area contributed by atoms with Crippen LogP contribution in [0.15, 0.2) is 36.5 Å². The second-order valence-corrected chi connectivity index (χ2v) is 9.42. The van der Waals surface area contributed by atoms with E-state index in [0.29, 0.717) is 6.54 Å². The van der Waals surface area contributed by atoms with E-state index in [9.17, 15) is 15.0 Å². The summed E-state index contributed by atoms with van der Waals surface area (Å²) in [7, 11) is 0.